The van der Waals surface area contributed by atoms with Crippen molar-refractivity contribution in [3.63, 3.8) is 0 Å². The predicted molar refractivity (Wildman–Crippen MR) is 275 cm³/mol. The first-order valence-electron chi connectivity index (χ1n) is 28.6. The summed E-state index contributed by atoms with van der Waals surface area (Å²) in [4.78, 5) is 38.1. The van der Waals surface area contributed by atoms with E-state index in [0.717, 1.165) is 75.5 Å². The standard InChI is InChI=1S/C58H112O6/c1-52(2)44-38-32-26-20-14-9-7-8-10-17-23-29-35-41-47-56(59)62-50-55(64-58(61)49-43-37-31-25-19-13-16-22-28-34-40-46-54(5)6)51-63-57(60)48-42-36-30-24-18-12-11-15-21-27-33-39-45-53(3)4/h52-55H,7-51H2,1-6H3/t55-/m0/s1. The molecule has 0 fully saturated rings. The Morgan fingerprint density at radius 3 is 0.672 bits per heavy atom. The van der Waals surface area contributed by atoms with Crippen LogP contribution in [-0.4, -0.2) is 37.2 Å². The van der Waals surface area contributed by atoms with Crippen LogP contribution in [0.25, 0.3) is 0 Å². The van der Waals surface area contributed by atoms with Gasteiger partial charge in [0, 0.05) is 19.3 Å². The lowest BCUT2D eigenvalue weighted by Crippen LogP contribution is -2.30. The number of ether oxygens (including phenoxy) is 3. The molecule has 0 rings (SSSR count). The van der Waals surface area contributed by atoms with Gasteiger partial charge in [-0.1, -0.05) is 279 Å². The maximum atomic E-state index is 12.8. The van der Waals surface area contributed by atoms with E-state index in [2.05, 4.69) is 41.5 Å². The molecule has 0 saturated carbocycles. The average molecular weight is 906 g/mol. The van der Waals surface area contributed by atoms with Gasteiger partial charge in [-0.15, -0.1) is 0 Å². The van der Waals surface area contributed by atoms with E-state index < -0.39 is 6.10 Å². The van der Waals surface area contributed by atoms with Gasteiger partial charge in [0.15, 0.2) is 6.10 Å². The first-order chi connectivity index (χ1) is 31.1. The molecule has 0 saturated heterocycles. The van der Waals surface area contributed by atoms with E-state index in [9.17, 15) is 14.4 Å². The van der Waals surface area contributed by atoms with E-state index in [0.29, 0.717) is 19.3 Å². The fraction of sp³-hybridized carbons (Fsp3) is 0.948. The lowest BCUT2D eigenvalue weighted by atomic mass is 10.0. The van der Waals surface area contributed by atoms with Crippen molar-refractivity contribution in [1.29, 1.82) is 0 Å². The summed E-state index contributed by atoms with van der Waals surface area (Å²) in [7, 11) is 0. The SMILES string of the molecule is CC(C)CCCCCCCCCCCCCCCCC(=O)OC[C@@H](COC(=O)CCCCCCCCCCCCCCC(C)C)OC(=O)CCCCCCCCCCCCCC(C)C. The highest BCUT2D eigenvalue weighted by molar-refractivity contribution is 5.71. The largest absolute Gasteiger partial charge is 0.462 e. The van der Waals surface area contributed by atoms with Gasteiger partial charge in [0.2, 0.25) is 0 Å². The minimum atomic E-state index is -0.763. The third kappa shape index (κ3) is 51.4. The van der Waals surface area contributed by atoms with Gasteiger partial charge in [0.05, 0.1) is 0 Å². The molecule has 0 aromatic heterocycles. The van der Waals surface area contributed by atoms with E-state index in [1.165, 1.54) is 199 Å². The lowest BCUT2D eigenvalue weighted by molar-refractivity contribution is -0.167. The second-order valence-electron chi connectivity index (χ2n) is 21.4. The van der Waals surface area contributed by atoms with Gasteiger partial charge in [-0.3, -0.25) is 14.4 Å². The van der Waals surface area contributed by atoms with E-state index in [1.807, 2.05) is 0 Å². The summed E-state index contributed by atoms with van der Waals surface area (Å²) in [6, 6.07) is 0. The quantitative estimate of drug-likeness (QED) is 0.0344. The highest BCUT2D eigenvalue weighted by atomic mass is 16.6. The van der Waals surface area contributed by atoms with E-state index in [1.54, 1.807) is 0 Å². The molecule has 0 spiro atoms. The molecule has 0 amide bonds. The minimum Gasteiger partial charge on any atom is -0.462 e. The van der Waals surface area contributed by atoms with Crippen LogP contribution in [0.1, 0.15) is 318 Å². The zero-order chi connectivity index (χ0) is 47.0. The van der Waals surface area contributed by atoms with Crippen molar-refractivity contribution in [1.82, 2.24) is 0 Å². The molecule has 0 radical (unpaired) electrons. The Kier molecular flexibility index (Phi) is 48.1. The van der Waals surface area contributed by atoms with Crippen LogP contribution >= 0.6 is 0 Å². The lowest BCUT2D eigenvalue weighted by Gasteiger charge is -2.18. The summed E-state index contributed by atoms with van der Waals surface area (Å²) in [6.07, 6.45) is 50.9. The van der Waals surface area contributed by atoms with Gasteiger partial charge in [-0.2, -0.15) is 0 Å². The van der Waals surface area contributed by atoms with Gasteiger partial charge >= 0.3 is 17.9 Å². The second-order valence-corrected chi connectivity index (χ2v) is 21.4. The zero-order valence-electron chi connectivity index (χ0n) is 44.1. The van der Waals surface area contributed by atoms with Crippen molar-refractivity contribution in [2.75, 3.05) is 13.2 Å². The van der Waals surface area contributed by atoms with Crippen molar-refractivity contribution < 1.29 is 28.6 Å². The van der Waals surface area contributed by atoms with Crippen molar-refractivity contribution in [2.24, 2.45) is 17.8 Å². The molecular formula is C58H112O6. The molecule has 0 heterocycles. The fourth-order valence-corrected chi connectivity index (χ4v) is 8.82. The number of carbonyl (C=O) groups excluding carboxylic acids is 3. The van der Waals surface area contributed by atoms with Crippen molar-refractivity contribution in [3.8, 4) is 0 Å². The third-order valence-electron chi connectivity index (χ3n) is 13.1. The van der Waals surface area contributed by atoms with Crippen molar-refractivity contribution in [3.05, 3.63) is 0 Å². The van der Waals surface area contributed by atoms with Gasteiger partial charge in [0.1, 0.15) is 13.2 Å². The molecule has 0 unspecified atom stereocenters. The number of rotatable bonds is 51. The van der Waals surface area contributed by atoms with E-state index >= 15 is 0 Å². The van der Waals surface area contributed by atoms with Crippen molar-refractivity contribution >= 4 is 17.9 Å². The molecule has 6 nitrogen and oxygen atoms in total. The van der Waals surface area contributed by atoms with Gasteiger partial charge in [-0.25, -0.2) is 0 Å². The number of carbonyl (C=O) groups is 3. The summed E-state index contributed by atoms with van der Waals surface area (Å²) in [5.41, 5.74) is 0. The molecule has 0 aliphatic rings. The Hall–Kier alpha value is -1.59. The third-order valence-corrected chi connectivity index (χ3v) is 13.1. The maximum Gasteiger partial charge on any atom is 0.306 e. The van der Waals surface area contributed by atoms with E-state index in [4.69, 9.17) is 14.2 Å². The molecule has 380 valence electrons. The Morgan fingerprint density at radius 2 is 0.453 bits per heavy atom. The van der Waals surface area contributed by atoms with Gasteiger partial charge < -0.3 is 14.2 Å². The van der Waals surface area contributed by atoms with Crippen LogP contribution in [0.3, 0.4) is 0 Å². The topological polar surface area (TPSA) is 78.9 Å². The number of esters is 3. The maximum absolute atomic E-state index is 12.8. The molecule has 0 N–H and O–H groups in total. The van der Waals surface area contributed by atoms with Gasteiger partial charge in [-0.05, 0) is 37.0 Å². The molecule has 0 aliphatic heterocycles. The highest BCUT2D eigenvalue weighted by Crippen LogP contribution is 2.18. The smallest absolute Gasteiger partial charge is 0.306 e. The van der Waals surface area contributed by atoms with Crippen LogP contribution in [0.4, 0.5) is 0 Å². The summed E-state index contributed by atoms with van der Waals surface area (Å²) in [5, 5.41) is 0. The highest BCUT2D eigenvalue weighted by Gasteiger charge is 2.19. The zero-order valence-corrected chi connectivity index (χ0v) is 44.1. The predicted octanol–water partition coefficient (Wildman–Crippen LogP) is 18.7. The molecule has 0 aromatic carbocycles. The Bertz CT molecular complexity index is 991. The molecule has 64 heavy (non-hydrogen) atoms. The van der Waals surface area contributed by atoms with E-state index in [-0.39, 0.29) is 31.1 Å². The van der Waals surface area contributed by atoms with Crippen molar-refractivity contribution in [2.45, 2.75) is 324 Å². The Balaban J connectivity index is 4.30. The summed E-state index contributed by atoms with van der Waals surface area (Å²) in [6.45, 7) is 13.8. The second kappa shape index (κ2) is 49.3. The van der Waals surface area contributed by atoms with Crippen LogP contribution in [0.2, 0.25) is 0 Å². The van der Waals surface area contributed by atoms with Crippen LogP contribution in [0.5, 0.6) is 0 Å². The van der Waals surface area contributed by atoms with Gasteiger partial charge in [0.25, 0.3) is 0 Å². The molecule has 1 atom stereocenters. The van der Waals surface area contributed by atoms with Crippen LogP contribution in [0.15, 0.2) is 0 Å². The molecule has 6 heteroatoms. The summed E-state index contributed by atoms with van der Waals surface area (Å²) >= 11 is 0. The number of hydrogen-bond donors (Lipinski definition) is 0. The Morgan fingerprint density at radius 1 is 0.266 bits per heavy atom. The molecule has 0 aromatic rings. The first-order valence-corrected chi connectivity index (χ1v) is 28.6. The van der Waals surface area contributed by atoms with Crippen LogP contribution < -0.4 is 0 Å². The molecular weight excluding hydrogens is 793 g/mol. The molecule has 0 bridgehead atoms. The summed E-state index contributed by atoms with van der Waals surface area (Å²) < 4.78 is 16.9. The van der Waals surface area contributed by atoms with Crippen LogP contribution in [-0.2, 0) is 28.6 Å². The first kappa shape index (κ1) is 62.4. The summed E-state index contributed by atoms with van der Waals surface area (Å²) in [5.74, 6) is 1.66. The molecule has 0 aliphatic carbocycles. The average Bonchev–Trinajstić information content (AvgIpc) is 3.25. The number of hydrogen-bond acceptors (Lipinski definition) is 6. The fourth-order valence-electron chi connectivity index (χ4n) is 8.82. The minimum absolute atomic E-state index is 0.0636. The number of unbranched alkanes of at least 4 members (excludes halogenated alkanes) is 34. The monoisotopic (exact) mass is 905 g/mol. The van der Waals surface area contributed by atoms with Crippen LogP contribution in [0, 0.1) is 17.8 Å². The Labute approximate surface area is 399 Å². The normalized spacial score (nSPS) is 12.1.